The van der Waals surface area contributed by atoms with Crippen molar-refractivity contribution in [1.29, 1.82) is 0 Å². The first kappa shape index (κ1) is 22.5. The molecule has 170 valence electrons. The molecule has 4 rings (SSSR count). The number of pyridine rings is 1. The Morgan fingerprint density at radius 1 is 1.19 bits per heavy atom. The average molecular weight is 468 g/mol. The van der Waals surface area contributed by atoms with E-state index in [1.54, 1.807) is 24.3 Å². The van der Waals surface area contributed by atoms with E-state index < -0.39 is 30.4 Å². The number of halogens is 4. The van der Waals surface area contributed by atoms with Gasteiger partial charge in [-0.3, -0.25) is 9.47 Å². The fraction of sp³-hybridized carbons (Fsp3) is 0.333. The van der Waals surface area contributed by atoms with Crippen LogP contribution in [0, 0.1) is 0 Å². The molecule has 0 aliphatic carbocycles. The lowest BCUT2D eigenvalue weighted by molar-refractivity contribution is -0.137. The standard InChI is InChI=1S/C21H21F4N4O2P/c1-13(22)10-27-11-16(12-27)28-18-17(32(2,3)31)8-9-26-19(18)29(20(28)30)15-6-4-14(5-7-15)21(23,24)25/h4-9,16H,1,10-12H2,2-3H3. The Balaban J connectivity index is 1.90. The van der Waals surface area contributed by atoms with Gasteiger partial charge in [-0.2, -0.15) is 13.2 Å². The molecule has 3 heterocycles. The van der Waals surface area contributed by atoms with Crippen LogP contribution < -0.4 is 11.0 Å². The molecule has 3 aromatic rings. The SMILES string of the molecule is C=C(F)CN1CC(n2c(=O)n(-c3ccc(C(F)(F)F)cc3)c3nccc(P(C)(C)=O)c32)C1. The number of imidazole rings is 1. The molecule has 0 radical (unpaired) electrons. The number of fused-ring (bicyclic) bond motifs is 1. The maximum atomic E-state index is 13.5. The Kier molecular flexibility index (Phi) is 5.41. The van der Waals surface area contributed by atoms with Crippen molar-refractivity contribution in [2.24, 2.45) is 0 Å². The summed E-state index contributed by atoms with van der Waals surface area (Å²) >= 11 is 0. The quantitative estimate of drug-likeness (QED) is 0.422. The molecule has 0 N–H and O–H groups in total. The van der Waals surface area contributed by atoms with E-state index in [9.17, 15) is 26.9 Å². The van der Waals surface area contributed by atoms with Gasteiger partial charge in [0.1, 0.15) is 18.5 Å². The molecule has 1 aliphatic rings. The second-order valence-corrected chi connectivity index (χ2v) is 11.4. The second-order valence-electron chi connectivity index (χ2n) is 8.25. The summed E-state index contributed by atoms with van der Waals surface area (Å²) in [5.41, 5.74) is -0.526. The second kappa shape index (κ2) is 7.71. The van der Waals surface area contributed by atoms with E-state index in [2.05, 4.69) is 11.6 Å². The average Bonchev–Trinajstić information content (AvgIpc) is 2.94. The first-order chi connectivity index (χ1) is 14.9. The summed E-state index contributed by atoms with van der Waals surface area (Å²) in [6, 6.07) is 5.49. The zero-order valence-corrected chi connectivity index (χ0v) is 18.3. The van der Waals surface area contributed by atoms with Gasteiger partial charge in [-0.25, -0.2) is 18.7 Å². The van der Waals surface area contributed by atoms with Gasteiger partial charge in [-0.05, 0) is 43.7 Å². The number of nitrogens with zero attached hydrogens (tertiary/aromatic N) is 4. The maximum Gasteiger partial charge on any atom is 0.416 e. The van der Waals surface area contributed by atoms with Gasteiger partial charge in [0.15, 0.2) is 5.65 Å². The molecular formula is C21H21F4N4O2P. The van der Waals surface area contributed by atoms with Gasteiger partial charge < -0.3 is 4.57 Å². The normalized spacial score (nSPS) is 15.8. The molecule has 1 aliphatic heterocycles. The fourth-order valence-corrected chi connectivity index (χ4v) is 5.15. The molecule has 0 bridgehead atoms. The van der Waals surface area contributed by atoms with Crippen LogP contribution >= 0.6 is 7.14 Å². The monoisotopic (exact) mass is 468 g/mol. The molecule has 1 fully saturated rings. The van der Waals surface area contributed by atoms with Gasteiger partial charge >= 0.3 is 11.9 Å². The van der Waals surface area contributed by atoms with E-state index >= 15 is 0 Å². The van der Waals surface area contributed by atoms with Crippen LogP contribution in [0.4, 0.5) is 17.6 Å². The maximum absolute atomic E-state index is 13.5. The largest absolute Gasteiger partial charge is 0.416 e. The molecule has 11 heteroatoms. The molecule has 32 heavy (non-hydrogen) atoms. The molecule has 2 aromatic heterocycles. The van der Waals surface area contributed by atoms with Gasteiger partial charge in [-0.15, -0.1) is 0 Å². The molecule has 0 saturated carbocycles. The molecule has 1 saturated heterocycles. The number of hydrogen-bond acceptors (Lipinski definition) is 4. The Hall–Kier alpha value is -2.71. The Morgan fingerprint density at radius 3 is 2.34 bits per heavy atom. The fourth-order valence-electron chi connectivity index (χ4n) is 4.00. The number of likely N-dealkylation sites (tertiary alicyclic amines) is 1. The van der Waals surface area contributed by atoms with Crippen molar-refractivity contribution in [2.45, 2.75) is 12.2 Å². The summed E-state index contributed by atoms with van der Waals surface area (Å²) in [7, 11) is -2.83. The van der Waals surface area contributed by atoms with Crippen LogP contribution in [0.3, 0.4) is 0 Å². The predicted molar refractivity (Wildman–Crippen MR) is 115 cm³/mol. The van der Waals surface area contributed by atoms with Crippen LogP contribution in [0.2, 0.25) is 0 Å². The summed E-state index contributed by atoms with van der Waals surface area (Å²) in [6.45, 7) is 7.20. The molecule has 0 unspecified atom stereocenters. The van der Waals surface area contributed by atoms with E-state index in [0.717, 1.165) is 12.1 Å². The molecule has 0 spiro atoms. The summed E-state index contributed by atoms with van der Waals surface area (Å²) in [6.07, 6.45) is -3.07. The van der Waals surface area contributed by atoms with Crippen molar-refractivity contribution in [3.05, 3.63) is 65.0 Å². The molecule has 6 nitrogen and oxygen atoms in total. The Labute approximate surface area is 181 Å². The molecular weight excluding hydrogens is 447 g/mol. The summed E-state index contributed by atoms with van der Waals surface area (Å²) in [5.74, 6) is -0.489. The Bertz CT molecular complexity index is 1300. The van der Waals surface area contributed by atoms with Gasteiger partial charge in [0, 0.05) is 31.1 Å². The van der Waals surface area contributed by atoms with Crippen molar-refractivity contribution in [3.63, 3.8) is 0 Å². The lowest BCUT2D eigenvalue weighted by Crippen LogP contribution is -2.50. The minimum atomic E-state index is -4.50. The van der Waals surface area contributed by atoms with E-state index in [1.165, 1.54) is 27.5 Å². The van der Waals surface area contributed by atoms with Gasteiger partial charge in [0.25, 0.3) is 0 Å². The highest BCUT2D eigenvalue weighted by Crippen LogP contribution is 2.38. The van der Waals surface area contributed by atoms with Crippen LogP contribution in [-0.4, -0.2) is 52.0 Å². The topological polar surface area (TPSA) is 60.1 Å². The first-order valence-electron chi connectivity index (χ1n) is 9.78. The van der Waals surface area contributed by atoms with Crippen molar-refractivity contribution in [1.82, 2.24) is 19.0 Å². The van der Waals surface area contributed by atoms with E-state index in [4.69, 9.17) is 0 Å². The van der Waals surface area contributed by atoms with Crippen LogP contribution in [0.25, 0.3) is 16.9 Å². The molecule has 0 amide bonds. The minimum absolute atomic E-state index is 0.0496. The third-order valence-corrected chi connectivity index (χ3v) is 6.99. The summed E-state index contributed by atoms with van der Waals surface area (Å²) in [5, 5.41) is 0.457. The zero-order valence-electron chi connectivity index (χ0n) is 17.4. The van der Waals surface area contributed by atoms with E-state index in [1.807, 2.05) is 0 Å². The highest BCUT2D eigenvalue weighted by molar-refractivity contribution is 7.70. The molecule has 0 atom stereocenters. The Morgan fingerprint density at radius 2 is 1.81 bits per heavy atom. The van der Waals surface area contributed by atoms with Crippen LogP contribution in [0.15, 0.2) is 53.7 Å². The third kappa shape index (κ3) is 3.93. The van der Waals surface area contributed by atoms with Crippen LogP contribution in [0.5, 0.6) is 0 Å². The van der Waals surface area contributed by atoms with Gasteiger partial charge in [0.05, 0.1) is 17.3 Å². The highest BCUT2D eigenvalue weighted by Gasteiger charge is 2.35. The zero-order chi connectivity index (χ0) is 23.4. The van der Waals surface area contributed by atoms with E-state index in [-0.39, 0.29) is 23.9 Å². The number of aromatic nitrogens is 3. The number of alkyl halides is 3. The smallest absolute Gasteiger partial charge is 0.319 e. The first-order valence-corrected chi connectivity index (χ1v) is 12.4. The highest BCUT2D eigenvalue weighted by atomic mass is 31.2. The van der Waals surface area contributed by atoms with Gasteiger partial charge in [0.2, 0.25) is 0 Å². The predicted octanol–water partition coefficient (Wildman–Crippen LogP) is 3.79. The van der Waals surface area contributed by atoms with Crippen molar-refractivity contribution in [2.75, 3.05) is 33.0 Å². The minimum Gasteiger partial charge on any atom is -0.319 e. The van der Waals surface area contributed by atoms with Crippen molar-refractivity contribution in [3.8, 4) is 5.69 Å². The lowest BCUT2D eigenvalue weighted by Gasteiger charge is -2.39. The van der Waals surface area contributed by atoms with Crippen molar-refractivity contribution < 1.29 is 22.1 Å². The number of benzene rings is 1. The van der Waals surface area contributed by atoms with Gasteiger partial charge in [-0.1, -0.05) is 6.58 Å². The lowest BCUT2D eigenvalue weighted by atomic mass is 10.1. The van der Waals surface area contributed by atoms with E-state index in [0.29, 0.717) is 23.9 Å². The number of rotatable bonds is 5. The third-order valence-electron chi connectivity index (χ3n) is 5.46. The number of hydrogen-bond donors (Lipinski definition) is 0. The van der Waals surface area contributed by atoms with Crippen LogP contribution in [-0.2, 0) is 10.7 Å². The van der Waals surface area contributed by atoms with Crippen molar-refractivity contribution >= 4 is 23.6 Å². The summed E-state index contributed by atoms with van der Waals surface area (Å²) < 4.78 is 67.8. The molecule has 1 aromatic carbocycles. The summed E-state index contributed by atoms with van der Waals surface area (Å²) in [4.78, 5) is 19.6. The van der Waals surface area contributed by atoms with Crippen LogP contribution in [0.1, 0.15) is 11.6 Å².